The minimum Gasteiger partial charge on any atom is -0.488 e. The number of rotatable bonds is 6. The van der Waals surface area contributed by atoms with Crippen LogP contribution in [0, 0.1) is 0 Å². The van der Waals surface area contributed by atoms with Crippen molar-refractivity contribution in [1.82, 2.24) is 5.32 Å². The minimum atomic E-state index is 0.119. The summed E-state index contributed by atoms with van der Waals surface area (Å²) in [6, 6.07) is 12.5. The normalized spacial score (nSPS) is 13.4. The van der Waals surface area contributed by atoms with E-state index in [-0.39, 0.29) is 11.6 Å². The highest BCUT2D eigenvalue weighted by molar-refractivity contribution is 9.10. The van der Waals surface area contributed by atoms with Gasteiger partial charge in [0, 0.05) is 12.1 Å². The van der Waals surface area contributed by atoms with Crippen molar-refractivity contribution in [1.29, 1.82) is 0 Å². The van der Waals surface area contributed by atoms with E-state index < -0.39 is 0 Å². The molecule has 21 heavy (non-hydrogen) atoms. The summed E-state index contributed by atoms with van der Waals surface area (Å²) < 4.78 is 7.11. The summed E-state index contributed by atoms with van der Waals surface area (Å²) in [5.74, 6) is 0.900. The van der Waals surface area contributed by atoms with Crippen LogP contribution in [0.4, 0.5) is 0 Å². The fraction of sp³-hybridized carbons (Fsp3) is 0.444. The molecular formula is C18H24BrNO. The van der Waals surface area contributed by atoms with Crippen LogP contribution in [-0.2, 0) is 0 Å². The molecule has 0 amide bonds. The molecule has 1 unspecified atom stereocenters. The monoisotopic (exact) mass is 349 g/mol. The van der Waals surface area contributed by atoms with Crippen LogP contribution in [0.25, 0.3) is 10.8 Å². The van der Waals surface area contributed by atoms with Crippen molar-refractivity contribution in [2.45, 2.75) is 45.8 Å². The van der Waals surface area contributed by atoms with Crippen molar-refractivity contribution in [3.8, 4) is 5.75 Å². The Hall–Kier alpha value is -1.06. The van der Waals surface area contributed by atoms with E-state index in [1.807, 2.05) is 12.1 Å². The number of hydrogen-bond donors (Lipinski definition) is 1. The maximum absolute atomic E-state index is 6.08. The predicted molar refractivity (Wildman–Crippen MR) is 94.1 cm³/mol. The lowest BCUT2D eigenvalue weighted by atomic mass is 10.0. The first-order valence-electron chi connectivity index (χ1n) is 7.52. The fourth-order valence-electron chi connectivity index (χ4n) is 2.11. The van der Waals surface area contributed by atoms with E-state index in [0.29, 0.717) is 0 Å². The summed E-state index contributed by atoms with van der Waals surface area (Å²) >= 11 is 3.67. The third kappa shape index (κ3) is 4.21. The highest BCUT2D eigenvalue weighted by Crippen LogP contribution is 2.33. The maximum Gasteiger partial charge on any atom is 0.134 e. The van der Waals surface area contributed by atoms with Gasteiger partial charge >= 0.3 is 0 Å². The van der Waals surface area contributed by atoms with E-state index in [1.165, 1.54) is 10.8 Å². The molecule has 1 atom stereocenters. The lowest BCUT2D eigenvalue weighted by Gasteiger charge is -2.27. The van der Waals surface area contributed by atoms with Crippen LogP contribution in [0.2, 0.25) is 0 Å². The number of ether oxygens (including phenoxy) is 1. The summed E-state index contributed by atoms with van der Waals surface area (Å²) in [6.07, 6.45) is 1.22. The first-order valence-corrected chi connectivity index (χ1v) is 8.31. The molecule has 2 aromatic rings. The number of benzene rings is 2. The Morgan fingerprint density at radius 3 is 2.62 bits per heavy atom. The fourth-order valence-corrected chi connectivity index (χ4v) is 2.69. The van der Waals surface area contributed by atoms with Gasteiger partial charge in [-0.05, 0) is 60.0 Å². The SMILES string of the molecule is CCC(C)(C)NCC(C)Oc1ccc2ccccc2c1Br. The zero-order valence-corrected chi connectivity index (χ0v) is 14.8. The lowest BCUT2D eigenvalue weighted by Crippen LogP contribution is -2.43. The van der Waals surface area contributed by atoms with Crippen molar-refractivity contribution in [2.75, 3.05) is 6.54 Å². The van der Waals surface area contributed by atoms with Crippen LogP contribution in [0.5, 0.6) is 5.75 Å². The van der Waals surface area contributed by atoms with Gasteiger partial charge in [0.1, 0.15) is 11.9 Å². The topological polar surface area (TPSA) is 21.3 Å². The van der Waals surface area contributed by atoms with Crippen LogP contribution in [0.3, 0.4) is 0 Å². The highest BCUT2D eigenvalue weighted by Gasteiger charge is 2.16. The zero-order valence-electron chi connectivity index (χ0n) is 13.2. The van der Waals surface area contributed by atoms with E-state index >= 15 is 0 Å². The average Bonchev–Trinajstić information content (AvgIpc) is 2.48. The molecule has 0 aromatic heterocycles. The second kappa shape index (κ2) is 6.80. The van der Waals surface area contributed by atoms with Gasteiger partial charge < -0.3 is 10.1 Å². The van der Waals surface area contributed by atoms with Gasteiger partial charge in [-0.15, -0.1) is 0 Å². The van der Waals surface area contributed by atoms with Crippen molar-refractivity contribution >= 4 is 26.7 Å². The Kier molecular flexibility index (Phi) is 5.28. The maximum atomic E-state index is 6.08. The van der Waals surface area contributed by atoms with Crippen LogP contribution >= 0.6 is 15.9 Å². The Balaban J connectivity index is 2.07. The molecule has 0 fully saturated rings. The number of fused-ring (bicyclic) bond motifs is 1. The van der Waals surface area contributed by atoms with E-state index in [9.17, 15) is 0 Å². The second-order valence-electron chi connectivity index (χ2n) is 6.15. The third-order valence-corrected chi connectivity index (χ3v) is 4.73. The van der Waals surface area contributed by atoms with Crippen LogP contribution < -0.4 is 10.1 Å². The van der Waals surface area contributed by atoms with Gasteiger partial charge in [-0.3, -0.25) is 0 Å². The Labute approximate surface area is 136 Å². The smallest absolute Gasteiger partial charge is 0.134 e. The quantitative estimate of drug-likeness (QED) is 0.778. The Bertz CT molecular complexity index is 609. The molecule has 0 saturated carbocycles. The first kappa shape index (κ1) is 16.3. The minimum absolute atomic E-state index is 0.119. The molecule has 114 valence electrons. The number of hydrogen-bond acceptors (Lipinski definition) is 2. The standard InChI is InChI=1S/C18H24BrNO/c1-5-18(3,4)20-12-13(2)21-16-11-10-14-8-6-7-9-15(14)17(16)19/h6-11,13,20H,5,12H2,1-4H3. The first-order chi connectivity index (χ1) is 9.93. The van der Waals surface area contributed by atoms with Gasteiger partial charge in [-0.2, -0.15) is 0 Å². The summed E-state index contributed by atoms with van der Waals surface area (Å²) in [7, 11) is 0. The van der Waals surface area contributed by atoms with Crippen LogP contribution in [-0.4, -0.2) is 18.2 Å². The lowest BCUT2D eigenvalue weighted by molar-refractivity contribution is 0.198. The van der Waals surface area contributed by atoms with Crippen molar-refractivity contribution in [2.24, 2.45) is 0 Å². The van der Waals surface area contributed by atoms with Crippen LogP contribution in [0.1, 0.15) is 34.1 Å². The molecule has 0 heterocycles. The molecule has 2 rings (SSSR count). The van der Waals surface area contributed by atoms with Crippen LogP contribution in [0.15, 0.2) is 40.9 Å². The van der Waals surface area contributed by atoms with Gasteiger partial charge in [0.2, 0.25) is 0 Å². The van der Waals surface area contributed by atoms with Gasteiger partial charge in [-0.25, -0.2) is 0 Å². The van der Waals surface area contributed by atoms with Gasteiger partial charge in [-0.1, -0.05) is 37.3 Å². The molecule has 0 aliphatic rings. The van der Waals surface area contributed by atoms with E-state index in [2.05, 4.69) is 73.2 Å². The summed E-state index contributed by atoms with van der Waals surface area (Å²) in [4.78, 5) is 0. The molecular weight excluding hydrogens is 326 g/mol. The van der Waals surface area contributed by atoms with Crippen molar-refractivity contribution in [3.05, 3.63) is 40.9 Å². The van der Waals surface area contributed by atoms with Crippen molar-refractivity contribution in [3.63, 3.8) is 0 Å². The van der Waals surface area contributed by atoms with E-state index in [0.717, 1.165) is 23.2 Å². The number of halogens is 1. The number of nitrogens with one attached hydrogen (secondary N) is 1. The van der Waals surface area contributed by atoms with Gasteiger partial charge in [0.25, 0.3) is 0 Å². The van der Waals surface area contributed by atoms with E-state index in [1.54, 1.807) is 0 Å². The largest absolute Gasteiger partial charge is 0.488 e. The van der Waals surface area contributed by atoms with Gasteiger partial charge in [0.15, 0.2) is 0 Å². The predicted octanol–water partition coefficient (Wildman–Crippen LogP) is 5.15. The molecule has 0 spiro atoms. The molecule has 3 heteroatoms. The summed E-state index contributed by atoms with van der Waals surface area (Å²) in [5.41, 5.74) is 0.151. The van der Waals surface area contributed by atoms with Crippen molar-refractivity contribution < 1.29 is 4.74 Å². The molecule has 0 bridgehead atoms. The average molecular weight is 350 g/mol. The molecule has 0 aliphatic carbocycles. The molecule has 0 aliphatic heterocycles. The molecule has 2 nitrogen and oxygen atoms in total. The molecule has 1 N–H and O–H groups in total. The zero-order chi connectivity index (χ0) is 15.5. The molecule has 2 aromatic carbocycles. The molecule has 0 radical (unpaired) electrons. The van der Waals surface area contributed by atoms with Gasteiger partial charge in [0.05, 0.1) is 4.47 Å². The second-order valence-corrected chi connectivity index (χ2v) is 6.94. The summed E-state index contributed by atoms with van der Waals surface area (Å²) in [6.45, 7) is 9.55. The Morgan fingerprint density at radius 1 is 1.19 bits per heavy atom. The van der Waals surface area contributed by atoms with E-state index in [4.69, 9.17) is 4.74 Å². The Morgan fingerprint density at radius 2 is 1.90 bits per heavy atom. The summed E-state index contributed by atoms with van der Waals surface area (Å²) in [5, 5.41) is 5.95. The molecule has 0 saturated heterocycles. The highest BCUT2D eigenvalue weighted by atomic mass is 79.9. The third-order valence-electron chi connectivity index (χ3n) is 3.91.